The summed E-state index contributed by atoms with van der Waals surface area (Å²) in [6.45, 7) is 0. The maximum Gasteiger partial charge on any atom is 0.138 e. The van der Waals surface area contributed by atoms with Gasteiger partial charge in [-0.1, -0.05) is 170 Å². The Bertz CT molecular complexity index is 3420. The fourth-order valence-corrected chi connectivity index (χ4v) is 9.11. The number of benzene rings is 8. The highest BCUT2D eigenvalue weighted by Gasteiger charge is 2.19. The topological polar surface area (TPSA) is 22.2 Å². The van der Waals surface area contributed by atoms with Gasteiger partial charge in [0.05, 0.1) is 33.3 Å². The number of aromatic nitrogens is 3. The number of nitrogens with zero attached hydrogens (tertiary/aromatic N) is 3. The monoisotopic (exact) mass is 737 g/mol. The van der Waals surface area contributed by atoms with Gasteiger partial charge < -0.3 is 4.40 Å². The van der Waals surface area contributed by atoms with E-state index in [1.54, 1.807) is 0 Å². The van der Waals surface area contributed by atoms with E-state index in [2.05, 4.69) is 221 Å². The van der Waals surface area contributed by atoms with Crippen molar-refractivity contribution < 1.29 is 0 Å². The van der Waals surface area contributed by atoms with Crippen molar-refractivity contribution in [1.82, 2.24) is 14.0 Å². The molecule has 0 bridgehead atoms. The van der Waals surface area contributed by atoms with Gasteiger partial charge in [0.25, 0.3) is 0 Å². The van der Waals surface area contributed by atoms with Crippen molar-refractivity contribution in [1.29, 1.82) is 0 Å². The van der Waals surface area contributed by atoms with E-state index < -0.39 is 0 Å². The number of rotatable bonds is 5. The number of para-hydroxylation sites is 2. The fourth-order valence-electron chi connectivity index (χ4n) is 9.11. The van der Waals surface area contributed by atoms with Crippen LogP contribution in [0.3, 0.4) is 0 Å². The molecule has 12 aromatic rings. The Labute approximate surface area is 335 Å². The van der Waals surface area contributed by atoms with E-state index in [1.807, 2.05) is 0 Å². The van der Waals surface area contributed by atoms with Gasteiger partial charge in [0.15, 0.2) is 0 Å². The third kappa shape index (κ3) is 5.11. The van der Waals surface area contributed by atoms with E-state index in [-0.39, 0.29) is 0 Å². The van der Waals surface area contributed by atoms with Gasteiger partial charge >= 0.3 is 0 Å². The minimum atomic E-state index is 0.883. The quantitative estimate of drug-likeness (QED) is 0.161. The van der Waals surface area contributed by atoms with Crippen LogP contribution in [0.5, 0.6) is 0 Å². The molecule has 4 heterocycles. The highest BCUT2D eigenvalue weighted by molar-refractivity contribution is 6.19. The zero-order chi connectivity index (χ0) is 38.2. The van der Waals surface area contributed by atoms with Crippen LogP contribution >= 0.6 is 0 Å². The molecular weight excluding hydrogens is 703 g/mol. The van der Waals surface area contributed by atoms with E-state index in [4.69, 9.17) is 4.98 Å². The van der Waals surface area contributed by atoms with Crippen molar-refractivity contribution in [2.75, 3.05) is 0 Å². The van der Waals surface area contributed by atoms with E-state index in [9.17, 15) is 0 Å². The van der Waals surface area contributed by atoms with Crippen LogP contribution in [0.1, 0.15) is 0 Å². The van der Waals surface area contributed by atoms with E-state index in [0.717, 1.165) is 39.2 Å². The molecule has 0 aliphatic heterocycles. The highest BCUT2D eigenvalue weighted by atomic mass is 15.1. The molecule has 12 rings (SSSR count). The Morgan fingerprint density at radius 3 is 1.40 bits per heavy atom. The molecule has 0 N–H and O–H groups in total. The Morgan fingerprint density at radius 2 is 0.759 bits per heavy atom. The summed E-state index contributed by atoms with van der Waals surface area (Å²) < 4.78 is 4.82. The van der Waals surface area contributed by atoms with Crippen LogP contribution in [-0.4, -0.2) is 14.0 Å². The van der Waals surface area contributed by atoms with Crippen LogP contribution in [0, 0.1) is 0 Å². The summed E-state index contributed by atoms with van der Waals surface area (Å²) in [7, 11) is 0. The number of pyridine rings is 2. The molecule has 58 heavy (non-hydrogen) atoms. The summed E-state index contributed by atoms with van der Waals surface area (Å²) in [5, 5.41) is 7.41. The molecule has 4 aromatic heterocycles. The van der Waals surface area contributed by atoms with Crippen LogP contribution in [-0.2, 0) is 0 Å². The molecule has 0 spiro atoms. The van der Waals surface area contributed by atoms with Crippen LogP contribution in [0.2, 0.25) is 0 Å². The third-order valence-corrected chi connectivity index (χ3v) is 11.9. The Hall–Kier alpha value is -7.75. The molecule has 0 aliphatic rings. The Kier molecular flexibility index (Phi) is 7.23. The molecular formula is C55H35N3. The summed E-state index contributed by atoms with van der Waals surface area (Å²) in [5.74, 6) is 0.883. The first-order valence-corrected chi connectivity index (χ1v) is 19.9. The maximum atomic E-state index is 5.52. The predicted molar refractivity (Wildman–Crippen MR) is 244 cm³/mol. The van der Waals surface area contributed by atoms with Gasteiger partial charge in [-0.25, -0.2) is 4.98 Å². The molecule has 0 fully saturated rings. The molecule has 270 valence electrons. The first-order chi connectivity index (χ1) is 28.7. The van der Waals surface area contributed by atoms with Gasteiger partial charge in [0, 0.05) is 32.5 Å². The minimum Gasteiger partial charge on any atom is -0.309 e. The SMILES string of the molecule is c1ccc(-c2ccc(-c3cc(-c4ccc(-c5ccccc5)cc4)nc(-n4c5ccccc5c5cc6cc7c8ccccc8c8ccccc8n7c6cc54)c3)cc2)cc1. The highest BCUT2D eigenvalue weighted by Crippen LogP contribution is 2.40. The van der Waals surface area contributed by atoms with Crippen LogP contribution in [0.25, 0.3) is 110 Å². The smallest absolute Gasteiger partial charge is 0.138 e. The van der Waals surface area contributed by atoms with Crippen LogP contribution in [0.4, 0.5) is 0 Å². The fraction of sp³-hybridized carbons (Fsp3) is 0. The van der Waals surface area contributed by atoms with Gasteiger partial charge in [-0.3, -0.25) is 4.57 Å². The molecule has 3 heteroatoms. The van der Waals surface area contributed by atoms with Gasteiger partial charge in [0.2, 0.25) is 0 Å². The Balaban J connectivity index is 1.11. The summed E-state index contributed by atoms with van der Waals surface area (Å²) in [6, 6.07) is 76.8. The average Bonchev–Trinajstić information content (AvgIpc) is 3.84. The molecule has 0 unspecified atom stereocenters. The zero-order valence-electron chi connectivity index (χ0n) is 31.5. The normalized spacial score (nSPS) is 11.8. The Morgan fingerprint density at radius 1 is 0.276 bits per heavy atom. The molecule has 0 radical (unpaired) electrons. The number of hydrogen-bond donors (Lipinski definition) is 0. The second kappa shape index (κ2) is 12.9. The van der Waals surface area contributed by atoms with Gasteiger partial charge in [-0.05, 0) is 81.2 Å². The number of fused-ring (bicyclic) bond motifs is 11. The van der Waals surface area contributed by atoms with E-state index in [1.165, 1.54) is 71.1 Å². The first kappa shape index (κ1) is 32.5. The third-order valence-electron chi connectivity index (χ3n) is 11.9. The van der Waals surface area contributed by atoms with Crippen molar-refractivity contribution in [2.45, 2.75) is 0 Å². The van der Waals surface area contributed by atoms with E-state index >= 15 is 0 Å². The average molecular weight is 738 g/mol. The van der Waals surface area contributed by atoms with Crippen LogP contribution < -0.4 is 0 Å². The standard InChI is InChI=1S/C55H35N3/c1-3-13-36(14-4-1)38-23-25-40(26-24-38)42-32-49(41-29-27-39(28-30-41)37-15-5-2-6-16-37)56-55(34-42)58-51-22-12-10-20-47(51)48-31-43-33-53-46-19-8-7-17-44(46)45-18-9-11-21-50(45)57(53)52(43)35-54(48)58/h1-35H. The minimum absolute atomic E-state index is 0.883. The molecule has 0 saturated heterocycles. The number of hydrogen-bond acceptors (Lipinski definition) is 1. The summed E-state index contributed by atoms with van der Waals surface area (Å²) in [4.78, 5) is 5.52. The van der Waals surface area contributed by atoms with E-state index in [0.29, 0.717) is 0 Å². The van der Waals surface area contributed by atoms with Crippen molar-refractivity contribution in [3.63, 3.8) is 0 Å². The molecule has 3 nitrogen and oxygen atoms in total. The largest absolute Gasteiger partial charge is 0.309 e. The molecule has 0 aliphatic carbocycles. The second-order valence-corrected chi connectivity index (χ2v) is 15.2. The van der Waals surface area contributed by atoms with Crippen molar-refractivity contribution >= 4 is 59.9 Å². The van der Waals surface area contributed by atoms with Gasteiger partial charge in [-0.15, -0.1) is 0 Å². The molecule has 8 aromatic carbocycles. The van der Waals surface area contributed by atoms with Gasteiger partial charge in [-0.2, -0.15) is 0 Å². The van der Waals surface area contributed by atoms with Gasteiger partial charge in [0.1, 0.15) is 5.82 Å². The lowest BCUT2D eigenvalue weighted by atomic mass is 9.98. The van der Waals surface area contributed by atoms with Crippen molar-refractivity contribution in [3.8, 4) is 50.5 Å². The van der Waals surface area contributed by atoms with Crippen LogP contribution in [0.15, 0.2) is 212 Å². The predicted octanol–water partition coefficient (Wildman–Crippen LogP) is 14.6. The van der Waals surface area contributed by atoms with Crippen molar-refractivity contribution in [3.05, 3.63) is 212 Å². The molecule has 0 saturated carbocycles. The summed E-state index contributed by atoms with van der Waals surface area (Å²) >= 11 is 0. The molecule has 0 atom stereocenters. The lowest BCUT2D eigenvalue weighted by Gasteiger charge is -2.14. The first-order valence-electron chi connectivity index (χ1n) is 19.9. The summed E-state index contributed by atoms with van der Waals surface area (Å²) in [5.41, 5.74) is 14.9. The second-order valence-electron chi connectivity index (χ2n) is 15.2. The summed E-state index contributed by atoms with van der Waals surface area (Å²) in [6.07, 6.45) is 0. The zero-order valence-corrected chi connectivity index (χ0v) is 31.5. The maximum absolute atomic E-state index is 5.52. The lowest BCUT2D eigenvalue weighted by molar-refractivity contribution is 1.08. The molecule has 0 amide bonds. The van der Waals surface area contributed by atoms with Crippen molar-refractivity contribution in [2.24, 2.45) is 0 Å². The lowest BCUT2D eigenvalue weighted by Crippen LogP contribution is -2.00.